The topological polar surface area (TPSA) is 78.8 Å². The number of hydrogen-bond donors (Lipinski definition) is 3. The molecular formula is C10H13NO4. The van der Waals surface area contributed by atoms with Crippen LogP contribution < -0.4 is 5.32 Å². The van der Waals surface area contributed by atoms with Crippen LogP contribution in [-0.2, 0) is 16.1 Å². The van der Waals surface area contributed by atoms with Crippen molar-refractivity contribution in [3.63, 3.8) is 0 Å². The largest absolute Gasteiger partial charge is 0.504 e. The second kappa shape index (κ2) is 5.21. The molecule has 0 aliphatic carbocycles. The van der Waals surface area contributed by atoms with E-state index in [0.29, 0.717) is 5.56 Å². The fraction of sp³-hybridized carbons (Fsp3) is 0.300. The predicted molar refractivity (Wildman–Crippen MR) is 53.5 cm³/mol. The molecular weight excluding hydrogens is 198 g/mol. The number of nitrogens with one attached hydrogen (secondary N) is 1. The van der Waals surface area contributed by atoms with E-state index in [1.165, 1.54) is 13.2 Å². The van der Waals surface area contributed by atoms with Gasteiger partial charge in [-0.2, -0.15) is 0 Å². The average molecular weight is 211 g/mol. The van der Waals surface area contributed by atoms with Gasteiger partial charge in [0.15, 0.2) is 11.5 Å². The van der Waals surface area contributed by atoms with Crippen molar-refractivity contribution in [3.05, 3.63) is 23.8 Å². The quantitative estimate of drug-likeness (QED) is 0.495. The second-order valence-electron chi connectivity index (χ2n) is 2.96. The molecule has 0 saturated carbocycles. The molecule has 0 bridgehead atoms. The fourth-order valence-corrected chi connectivity index (χ4v) is 1.09. The van der Waals surface area contributed by atoms with Crippen LogP contribution in [0.2, 0.25) is 0 Å². The number of methoxy groups -OCH3 is 1. The van der Waals surface area contributed by atoms with Gasteiger partial charge in [-0.25, -0.2) is 0 Å². The number of hydrogen-bond acceptors (Lipinski definition) is 5. The number of phenols is 2. The molecule has 0 aromatic heterocycles. The molecule has 5 nitrogen and oxygen atoms in total. The third kappa shape index (κ3) is 3.14. The Bertz CT molecular complexity index is 351. The summed E-state index contributed by atoms with van der Waals surface area (Å²) in [5.74, 6) is -0.725. The average Bonchev–Trinajstić information content (AvgIpc) is 2.24. The Morgan fingerprint density at radius 2 is 2.20 bits per heavy atom. The maximum Gasteiger partial charge on any atom is 0.319 e. The van der Waals surface area contributed by atoms with Gasteiger partial charge in [-0.05, 0) is 6.07 Å². The minimum atomic E-state index is -0.380. The van der Waals surface area contributed by atoms with Crippen LogP contribution in [0.5, 0.6) is 11.5 Å². The number of benzene rings is 1. The summed E-state index contributed by atoms with van der Waals surface area (Å²) in [4.78, 5) is 10.8. The van der Waals surface area contributed by atoms with Gasteiger partial charge in [-0.1, -0.05) is 12.1 Å². The fourth-order valence-electron chi connectivity index (χ4n) is 1.09. The zero-order valence-corrected chi connectivity index (χ0v) is 8.36. The molecule has 0 aliphatic heterocycles. The Morgan fingerprint density at radius 1 is 1.47 bits per heavy atom. The number of para-hydroxylation sites is 1. The number of phenolic OH excluding ortho intramolecular Hbond substituents is 2. The summed E-state index contributed by atoms with van der Waals surface area (Å²) in [7, 11) is 1.30. The van der Waals surface area contributed by atoms with Crippen molar-refractivity contribution < 1.29 is 19.7 Å². The monoisotopic (exact) mass is 211 g/mol. The van der Waals surface area contributed by atoms with Gasteiger partial charge in [-0.3, -0.25) is 4.79 Å². The molecule has 0 fully saturated rings. The van der Waals surface area contributed by atoms with Gasteiger partial charge in [0, 0.05) is 12.1 Å². The maximum atomic E-state index is 10.8. The molecule has 0 radical (unpaired) electrons. The van der Waals surface area contributed by atoms with E-state index in [2.05, 4.69) is 10.1 Å². The first-order valence-electron chi connectivity index (χ1n) is 4.42. The summed E-state index contributed by atoms with van der Waals surface area (Å²) in [6, 6.07) is 4.66. The lowest BCUT2D eigenvalue weighted by molar-refractivity contribution is -0.139. The summed E-state index contributed by atoms with van der Waals surface area (Å²) < 4.78 is 4.43. The molecule has 0 heterocycles. The van der Waals surface area contributed by atoms with Gasteiger partial charge in [0.25, 0.3) is 0 Å². The molecule has 1 aromatic rings. The number of carbonyl (C=O) groups is 1. The number of esters is 1. The van der Waals surface area contributed by atoms with Gasteiger partial charge in [0.05, 0.1) is 13.7 Å². The van der Waals surface area contributed by atoms with E-state index >= 15 is 0 Å². The predicted octanol–water partition coefficient (Wildman–Crippen LogP) is 0.360. The van der Waals surface area contributed by atoms with Gasteiger partial charge in [0.2, 0.25) is 0 Å². The van der Waals surface area contributed by atoms with Gasteiger partial charge in [-0.15, -0.1) is 0 Å². The number of aromatic hydroxyl groups is 2. The Morgan fingerprint density at radius 3 is 2.87 bits per heavy atom. The van der Waals surface area contributed by atoms with E-state index in [1.807, 2.05) is 0 Å². The van der Waals surface area contributed by atoms with Gasteiger partial charge < -0.3 is 20.3 Å². The summed E-state index contributed by atoms with van der Waals surface area (Å²) in [5.41, 5.74) is 0.527. The third-order valence-electron chi connectivity index (χ3n) is 1.91. The SMILES string of the molecule is COC(=O)CNCc1cccc(O)c1O. The van der Waals surface area contributed by atoms with Crippen LogP contribution in [0.15, 0.2) is 18.2 Å². The highest BCUT2D eigenvalue weighted by Crippen LogP contribution is 2.27. The van der Waals surface area contributed by atoms with Crippen molar-refractivity contribution in [2.45, 2.75) is 6.54 Å². The highest BCUT2D eigenvalue weighted by Gasteiger charge is 2.06. The highest BCUT2D eigenvalue weighted by molar-refractivity contribution is 5.71. The molecule has 0 saturated heterocycles. The van der Waals surface area contributed by atoms with Crippen molar-refractivity contribution >= 4 is 5.97 Å². The normalized spacial score (nSPS) is 9.93. The van der Waals surface area contributed by atoms with Crippen LogP contribution in [-0.4, -0.2) is 29.8 Å². The van der Waals surface area contributed by atoms with Crippen LogP contribution >= 0.6 is 0 Å². The molecule has 0 spiro atoms. The van der Waals surface area contributed by atoms with Crippen molar-refractivity contribution in [1.82, 2.24) is 5.32 Å². The first-order chi connectivity index (χ1) is 7.15. The van der Waals surface area contributed by atoms with Gasteiger partial charge in [0.1, 0.15) is 0 Å². The molecule has 0 aliphatic rings. The summed E-state index contributed by atoms with van der Waals surface area (Å²) in [5, 5.41) is 21.4. The van der Waals surface area contributed by atoms with Crippen LogP contribution in [0.4, 0.5) is 0 Å². The Balaban J connectivity index is 2.51. The Labute approximate surface area is 87.3 Å². The summed E-state index contributed by atoms with van der Waals surface area (Å²) in [6.07, 6.45) is 0. The van der Waals surface area contributed by atoms with E-state index in [0.717, 1.165) is 0 Å². The van der Waals surface area contributed by atoms with E-state index < -0.39 is 0 Å². The number of rotatable bonds is 4. The summed E-state index contributed by atoms with van der Waals surface area (Å²) in [6.45, 7) is 0.348. The first kappa shape index (κ1) is 11.3. The maximum absolute atomic E-state index is 10.8. The second-order valence-corrected chi connectivity index (χ2v) is 2.96. The van der Waals surface area contributed by atoms with Crippen molar-refractivity contribution in [1.29, 1.82) is 0 Å². The Kier molecular flexibility index (Phi) is 3.93. The lowest BCUT2D eigenvalue weighted by atomic mass is 10.2. The van der Waals surface area contributed by atoms with Gasteiger partial charge >= 0.3 is 5.97 Å². The summed E-state index contributed by atoms with van der Waals surface area (Å²) >= 11 is 0. The molecule has 1 aromatic carbocycles. The zero-order valence-electron chi connectivity index (χ0n) is 8.36. The van der Waals surface area contributed by atoms with E-state index in [1.54, 1.807) is 12.1 Å². The minimum absolute atomic E-state index is 0.0611. The van der Waals surface area contributed by atoms with Crippen LogP contribution in [0.3, 0.4) is 0 Å². The molecule has 1 rings (SSSR count). The van der Waals surface area contributed by atoms with E-state index in [9.17, 15) is 15.0 Å². The van der Waals surface area contributed by atoms with Crippen LogP contribution in [0, 0.1) is 0 Å². The zero-order chi connectivity index (χ0) is 11.3. The first-order valence-corrected chi connectivity index (χ1v) is 4.42. The molecule has 3 N–H and O–H groups in total. The number of carbonyl (C=O) groups excluding carboxylic acids is 1. The van der Waals surface area contributed by atoms with Crippen LogP contribution in [0.1, 0.15) is 5.56 Å². The molecule has 0 unspecified atom stereocenters. The van der Waals surface area contributed by atoms with Crippen molar-refractivity contribution in [2.24, 2.45) is 0 Å². The number of ether oxygens (including phenoxy) is 1. The van der Waals surface area contributed by atoms with Crippen LogP contribution in [0.25, 0.3) is 0 Å². The van der Waals surface area contributed by atoms with Crippen molar-refractivity contribution in [2.75, 3.05) is 13.7 Å². The van der Waals surface area contributed by atoms with E-state index in [4.69, 9.17) is 0 Å². The standard InChI is InChI=1S/C10H13NO4/c1-15-9(13)6-11-5-7-3-2-4-8(12)10(7)14/h2-4,11-12,14H,5-6H2,1H3. The molecule has 15 heavy (non-hydrogen) atoms. The smallest absolute Gasteiger partial charge is 0.319 e. The molecule has 82 valence electrons. The van der Waals surface area contributed by atoms with E-state index in [-0.39, 0.29) is 30.6 Å². The molecule has 5 heteroatoms. The lowest BCUT2D eigenvalue weighted by Crippen LogP contribution is -2.23. The lowest BCUT2D eigenvalue weighted by Gasteiger charge is -2.06. The van der Waals surface area contributed by atoms with Crippen molar-refractivity contribution in [3.8, 4) is 11.5 Å². The highest BCUT2D eigenvalue weighted by atomic mass is 16.5. The Hall–Kier alpha value is -1.75. The third-order valence-corrected chi connectivity index (χ3v) is 1.91. The molecule has 0 atom stereocenters. The molecule has 0 amide bonds. The minimum Gasteiger partial charge on any atom is -0.504 e.